The molecule has 0 bridgehead atoms. The molecule has 8 heteroatoms. The van der Waals surface area contributed by atoms with Crippen molar-refractivity contribution in [3.8, 4) is 6.07 Å². The number of nitrogens with zero attached hydrogens (tertiary/aromatic N) is 5. The van der Waals surface area contributed by atoms with Crippen molar-refractivity contribution < 1.29 is 4.79 Å². The first-order valence-electron chi connectivity index (χ1n) is 12.2. The fraction of sp³-hybridized carbons (Fsp3) is 0.600. The molecule has 2 fully saturated rings. The van der Waals surface area contributed by atoms with Gasteiger partial charge < -0.3 is 9.88 Å². The van der Waals surface area contributed by atoms with Gasteiger partial charge in [-0.25, -0.2) is 0 Å². The summed E-state index contributed by atoms with van der Waals surface area (Å²) < 4.78 is 2.15. The third-order valence-electron chi connectivity index (χ3n) is 6.67. The molecule has 176 valence electrons. The molecule has 1 aromatic carbocycles. The van der Waals surface area contributed by atoms with Gasteiger partial charge in [-0.1, -0.05) is 74.2 Å². The second-order valence-corrected chi connectivity index (χ2v) is 10.2. The Kier molecular flexibility index (Phi) is 8.40. The van der Waals surface area contributed by atoms with Gasteiger partial charge in [0.15, 0.2) is 5.16 Å². The predicted molar refractivity (Wildman–Crippen MR) is 130 cm³/mol. The zero-order valence-electron chi connectivity index (χ0n) is 19.3. The number of carbonyl (C=O) groups excluding carboxylic acids is 1. The number of likely N-dealkylation sites (tertiary alicyclic amines) is 1. The second-order valence-electron chi connectivity index (χ2n) is 9.25. The molecule has 1 N–H and O–H groups in total. The highest BCUT2D eigenvalue weighted by molar-refractivity contribution is 7.99. The van der Waals surface area contributed by atoms with Gasteiger partial charge in [-0.2, -0.15) is 5.26 Å². The van der Waals surface area contributed by atoms with Crippen LogP contribution in [0.25, 0.3) is 0 Å². The Morgan fingerprint density at radius 2 is 1.70 bits per heavy atom. The topological polar surface area (TPSA) is 86.8 Å². The number of nitrogens with one attached hydrogen (secondary N) is 1. The fourth-order valence-corrected chi connectivity index (χ4v) is 5.57. The van der Waals surface area contributed by atoms with Crippen LogP contribution in [0.1, 0.15) is 69.2 Å². The van der Waals surface area contributed by atoms with E-state index < -0.39 is 5.54 Å². The Hall–Kier alpha value is -2.37. The number of hydrogen-bond acceptors (Lipinski definition) is 6. The zero-order chi connectivity index (χ0) is 22.9. The molecule has 2 aliphatic rings. The van der Waals surface area contributed by atoms with Crippen molar-refractivity contribution in [2.75, 3.05) is 18.8 Å². The first-order chi connectivity index (χ1) is 16.2. The minimum absolute atomic E-state index is 0.102. The summed E-state index contributed by atoms with van der Waals surface area (Å²) in [5.74, 6) is 1.08. The van der Waals surface area contributed by atoms with Crippen LogP contribution in [0.4, 0.5) is 0 Å². The number of thioether (sulfide) groups is 1. The molecule has 1 aromatic heterocycles. The van der Waals surface area contributed by atoms with Gasteiger partial charge in [-0.15, -0.1) is 10.2 Å². The fourth-order valence-electron chi connectivity index (χ4n) is 4.81. The number of nitriles is 1. The number of rotatable bonds is 8. The van der Waals surface area contributed by atoms with Crippen molar-refractivity contribution >= 4 is 17.7 Å². The van der Waals surface area contributed by atoms with E-state index in [1.165, 1.54) is 36.6 Å². The first kappa shape index (κ1) is 23.8. The number of carbonyl (C=O) groups is 1. The van der Waals surface area contributed by atoms with Crippen LogP contribution in [-0.2, 0) is 17.9 Å². The van der Waals surface area contributed by atoms with E-state index in [1.807, 2.05) is 18.2 Å². The average Bonchev–Trinajstić information content (AvgIpc) is 3.05. The normalized spacial score (nSPS) is 18.9. The smallest absolute Gasteiger partial charge is 0.231 e. The minimum atomic E-state index is -0.717. The standard InChI is InChI=1S/C25H34N6OS/c26-20-25(13-7-1-2-8-14-25)27-23(32)19-33-24-29-28-22(18-30-15-9-4-10-16-30)31(24)17-21-11-5-3-6-12-21/h3,5-6,11-12H,1-2,4,7-10,13-19H2,(H,27,32). The molecule has 1 amide bonds. The minimum Gasteiger partial charge on any atom is -0.337 e. The van der Waals surface area contributed by atoms with E-state index in [0.29, 0.717) is 6.54 Å². The summed E-state index contributed by atoms with van der Waals surface area (Å²) in [4.78, 5) is 15.2. The lowest BCUT2D eigenvalue weighted by molar-refractivity contribution is -0.120. The molecular formula is C25H34N6OS. The number of benzene rings is 1. The van der Waals surface area contributed by atoms with Crippen molar-refractivity contribution in [3.05, 3.63) is 41.7 Å². The molecule has 2 heterocycles. The van der Waals surface area contributed by atoms with Crippen LogP contribution >= 0.6 is 11.8 Å². The molecule has 33 heavy (non-hydrogen) atoms. The molecule has 7 nitrogen and oxygen atoms in total. The maximum Gasteiger partial charge on any atom is 0.231 e. The Bertz CT molecular complexity index is 940. The highest BCUT2D eigenvalue weighted by atomic mass is 32.2. The van der Waals surface area contributed by atoms with Crippen molar-refractivity contribution in [2.45, 2.75) is 81.6 Å². The Labute approximate surface area is 200 Å². The second kappa shape index (κ2) is 11.7. The van der Waals surface area contributed by atoms with Crippen molar-refractivity contribution in [3.63, 3.8) is 0 Å². The van der Waals surface area contributed by atoms with E-state index in [1.54, 1.807) is 0 Å². The van der Waals surface area contributed by atoms with Gasteiger partial charge >= 0.3 is 0 Å². The Morgan fingerprint density at radius 1 is 1.00 bits per heavy atom. The average molecular weight is 467 g/mol. The third-order valence-corrected chi connectivity index (χ3v) is 7.64. The van der Waals surface area contributed by atoms with Crippen LogP contribution in [0.15, 0.2) is 35.5 Å². The Morgan fingerprint density at radius 3 is 2.39 bits per heavy atom. The maximum absolute atomic E-state index is 12.8. The van der Waals surface area contributed by atoms with Crippen molar-refractivity contribution in [2.24, 2.45) is 0 Å². The number of hydrogen-bond donors (Lipinski definition) is 1. The summed E-state index contributed by atoms with van der Waals surface area (Å²) in [5, 5.41) is 22.5. The zero-order valence-corrected chi connectivity index (χ0v) is 20.2. The third kappa shape index (κ3) is 6.58. The molecule has 2 aromatic rings. The summed E-state index contributed by atoms with van der Waals surface area (Å²) in [6.45, 7) is 3.66. The highest BCUT2D eigenvalue weighted by Gasteiger charge is 2.32. The van der Waals surface area contributed by atoms with Crippen LogP contribution in [0.5, 0.6) is 0 Å². The van der Waals surface area contributed by atoms with E-state index in [9.17, 15) is 10.1 Å². The quantitative estimate of drug-likeness (QED) is 0.465. The highest BCUT2D eigenvalue weighted by Crippen LogP contribution is 2.27. The van der Waals surface area contributed by atoms with E-state index >= 15 is 0 Å². The molecule has 0 unspecified atom stereocenters. The monoisotopic (exact) mass is 466 g/mol. The SMILES string of the molecule is N#CC1(NC(=O)CSc2nnc(CN3CCCCC3)n2Cc2ccccc2)CCCCCC1. The maximum atomic E-state index is 12.8. The van der Waals surface area contributed by atoms with Gasteiger partial charge in [0.1, 0.15) is 11.4 Å². The van der Waals surface area contributed by atoms with E-state index in [4.69, 9.17) is 0 Å². The molecule has 0 radical (unpaired) electrons. The summed E-state index contributed by atoms with van der Waals surface area (Å²) >= 11 is 1.41. The summed E-state index contributed by atoms with van der Waals surface area (Å²) in [5.41, 5.74) is 0.469. The van der Waals surface area contributed by atoms with Crippen LogP contribution in [0.3, 0.4) is 0 Å². The first-order valence-corrected chi connectivity index (χ1v) is 13.2. The van der Waals surface area contributed by atoms with E-state index in [2.05, 4.69) is 43.2 Å². The van der Waals surface area contributed by atoms with Crippen molar-refractivity contribution in [1.29, 1.82) is 5.26 Å². The molecule has 1 aliphatic heterocycles. The predicted octanol–water partition coefficient (Wildman–Crippen LogP) is 4.14. The number of piperidine rings is 1. The van der Waals surface area contributed by atoms with Crippen LogP contribution in [-0.4, -0.2) is 50.0 Å². The van der Waals surface area contributed by atoms with Crippen LogP contribution in [0.2, 0.25) is 0 Å². The van der Waals surface area contributed by atoms with E-state index in [0.717, 1.165) is 69.1 Å². The lowest BCUT2D eigenvalue weighted by Crippen LogP contribution is -2.47. The summed E-state index contributed by atoms with van der Waals surface area (Å²) in [6.07, 6.45) is 9.50. The molecule has 0 spiro atoms. The molecular weight excluding hydrogens is 432 g/mol. The van der Waals surface area contributed by atoms with Crippen molar-refractivity contribution in [1.82, 2.24) is 25.0 Å². The molecule has 1 aliphatic carbocycles. The van der Waals surface area contributed by atoms with Gasteiger partial charge in [0.05, 0.1) is 24.9 Å². The van der Waals surface area contributed by atoms with E-state index in [-0.39, 0.29) is 11.7 Å². The van der Waals surface area contributed by atoms with Gasteiger partial charge in [0.25, 0.3) is 0 Å². The largest absolute Gasteiger partial charge is 0.337 e. The number of amides is 1. The Balaban J connectivity index is 1.44. The lowest BCUT2D eigenvalue weighted by atomic mass is 9.92. The molecule has 1 saturated heterocycles. The van der Waals surface area contributed by atoms with Gasteiger partial charge in [0.2, 0.25) is 5.91 Å². The van der Waals surface area contributed by atoms with Gasteiger partial charge in [0, 0.05) is 0 Å². The lowest BCUT2D eigenvalue weighted by Gasteiger charge is -2.26. The summed E-state index contributed by atoms with van der Waals surface area (Å²) in [6, 6.07) is 12.7. The molecule has 1 saturated carbocycles. The number of aromatic nitrogens is 3. The molecule has 0 atom stereocenters. The van der Waals surface area contributed by atoms with Gasteiger partial charge in [-0.05, 0) is 44.3 Å². The van der Waals surface area contributed by atoms with Gasteiger partial charge in [-0.3, -0.25) is 9.69 Å². The molecule has 4 rings (SSSR count). The van der Waals surface area contributed by atoms with Crippen LogP contribution < -0.4 is 5.32 Å². The summed E-state index contributed by atoms with van der Waals surface area (Å²) in [7, 11) is 0. The van der Waals surface area contributed by atoms with Crippen LogP contribution in [0, 0.1) is 11.3 Å².